The minimum Gasteiger partial charge on any atom is -0.512 e. The number of ketones is 1. The van der Waals surface area contributed by atoms with E-state index in [1.54, 1.807) is 0 Å². The average Bonchev–Trinajstić information content (AvgIpc) is 2.91. The number of carbonyl (C=O) groups excluding carboxylic acids is 1. The first-order valence-electron chi connectivity index (χ1n) is 6.77. The molecule has 0 aliphatic heterocycles. The van der Waals surface area contributed by atoms with E-state index in [1.165, 1.54) is 19.9 Å². The van der Waals surface area contributed by atoms with Crippen molar-refractivity contribution < 1.29 is 34.4 Å². The SMILES string of the molecule is CC(=O)C=C(C)O.[Ir].[c-]1ccccc1-c1nc2ccccc2o1. The Balaban J connectivity index is 0.000000287. The molecule has 0 fully saturated rings. The topological polar surface area (TPSA) is 63.3 Å². The molecule has 5 heteroatoms. The van der Waals surface area contributed by atoms with Gasteiger partial charge in [-0.05, 0) is 26.0 Å². The fourth-order valence-electron chi connectivity index (χ4n) is 1.81. The summed E-state index contributed by atoms with van der Waals surface area (Å²) >= 11 is 0. The molecule has 0 saturated carbocycles. The largest absolute Gasteiger partial charge is 0.512 e. The van der Waals surface area contributed by atoms with Crippen LogP contribution < -0.4 is 0 Å². The van der Waals surface area contributed by atoms with Crippen LogP contribution in [0.15, 0.2) is 64.8 Å². The first-order chi connectivity index (χ1) is 10.6. The fraction of sp³-hybridized carbons (Fsp3) is 0.111. The zero-order valence-electron chi connectivity index (χ0n) is 12.7. The molecule has 121 valence electrons. The van der Waals surface area contributed by atoms with E-state index in [0.29, 0.717) is 5.89 Å². The van der Waals surface area contributed by atoms with Gasteiger partial charge in [-0.25, -0.2) is 0 Å². The number of nitrogens with zero attached hydrogens (tertiary/aromatic N) is 1. The van der Waals surface area contributed by atoms with Crippen molar-refractivity contribution in [3.05, 3.63) is 66.4 Å². The van der Waals surface area contributed by atoms with Crippen molar-refractivity contribution >= 4 is 16.9 Å². The van der Waals surface area contributed by atoms with Crippen LogP contribution in [-0.4, -0.2) is 15.9 Å². The van der Waals surface area contributed by atoms with Gasteiger partial charge < -0.3 is 9.52 Å². The van der Waals surface area contributed by atoms with Crippen molar-refractivity contribution in [3.8, 4) is 11.5 Å². The molecule has 1 N–H and O–H groups in total. The van der Waals surface area contributed by atoms with Crippen molar-refractivity contribution in [2.45, 2.75) is 13.8 Å². The molecule has 1 aromatic heterocycles. The predicted octanol–water partition coefficient (Wildman–Crippen LogP) is 4.33. The molecule has 23 heavy (non-hydrogen) atoms. The number of oxazole rings is 1. The average molecular weight is 487 g/mol. The Bertz CT molecular complexity index is 757. The van der Waals surface area contributed by atoms with E-state index in [1.807, 2.05) is 48.5 Å². The molecule has 3 rings (SSSR count). The smallest absolute Gasteiger partial charge is 0.155 e. The van der Waals surface area contributed by atoms with E-state index < -0.39 is 0 Å². The van der Waals surface area contributed by atoms with Crippen LogP contribution in [0, 0.1) is 6.07 Å². The van der Waals surface area contributed by atoms with Crippen LogP contribution in [0.5, 0.6) is 0 Å². The summed E-state index contributed by atoms with van der Waals surface area (Å²) in [6.45, 7) is 2.85. The second kappa shape index (κ2) is 9.03. The van der Waals surface area contributed by atoms with Crippen LogP contribution in [0.4, 0.5) is 0 Å². The van der Waals surface area contributed by atoms with Gasteiger partial charge in [-0.1, -0.05) is 17.7 Å². The molecule has 3 aromatic rings. The maximum absolute atomic E-state index is 10.0. The quantitative estimate of drug-likeness (QED) is 0.333. The van der Waals surface area contributed by atoms with Gasteiger partial charge >= 0.3 is 0 Å². The monoisotopic (exact) mass is 487 g/mol. The Morgan fingerprint density at radius 2 is 1.87 bits per heavy atom. The van der Waals surface area contributed by atoms with Crippen LogP contribution in [0.1, 0.15) is 13.8 Å². The van der Waals surface area contributed by atoms with Crippen LogP contribution in [0.3, 0.4) is 0 Å². The maximum atomic E-state index is 10.0. The molecule has 0 spiro atoms. The molecule has 0 atom stereocenters. The molecular weight excluding hydrogens is 470 g/mol. The maximum Gasteiger partial charge on any atom is 0.155 e. The molecule has 0 amide bonds. The molecule has 4 nitrogen and oxygen atoms in total. The zero-order chi connectivity index (χ0) is 15.9. The van der Waals surface area contributed by atoms with E-state index in [0.717, 1.165) is 16.7 Å². The number of allylic oxidation sites excluding steroid dienone is 2. The fourth-order valence-corrected chi connectivity index (χ4v) is 1.81. The first-order valence-corrected chi connectivity index (χ1v) is 6.77. The van der Waals surface area contributed by atoms with E-state index in [-0.39, 0.29) is 31.6 Å². The van der Waals surface area contributed by atoms with Gasteiger partial charge in [-0.15, -0.1) is 30.3 Å². The molecule has 1 radical (unpaired) electrons. The Labute approximate surface area is 148 Å². The number of benzene rings is 2. The van der Waals surface area contributed by atoms with Gasteiger partial charge in [0.05, 0.1) is 11.3 Å². The Morgan fingerprint density at radius 1 is 1.17 bits per heavy atom. The van der Waals surface area contributed by atoms with Crippen molar-refractivity contribution in [1.82, 2.24) is 4.98 Å². The van der Waals surface area contributed by atoms with E-state index in [9.17, 15) is 4.79 Å². The number of hydrogen-bond acceptors (Lipinski definition) is 4. The summed E-state index contributed by atoms with van der Waals surface area (Å²) in [4.78, 5) is 14.4. The summed E-state index contributed by atoms with van der Waals surface area (Å²) < 4.78 is 5.61. The number of para-hydroxylation sites is 2. The van der Waals surface area contributed by atoms with Crippen LogP contribution in [0.2, 0.25) is 0 Å². The van der Waals surface area contributed by atoms with Crippen LogP contribution in [0.25, 0.3) is 22.6 Å². The van der Waals surface area contributed by atoms with E-state index in [4.69, 9.17) is 9.52 Å². The molecular formula is C18H16IrNO3-. The molecule has 2 aromatic carbocycles. The normalized spacial score (nSPS) is 10.4. The van der Waals surface area contributed by atoms with E-state index in [2.05, 4.69) is 11.1 Å². The number of carbonyl (C=O) groups is 1. The number of rotatable bonds is 2. The Morgan fingerprint density at radius 3 is 2.39 bits per heavy atom. The van der Waals surface area contributed by atoms with Gasteiger partial charge in [0.15, 0.2) is 5.78 Å². The van der Waals surface area contributed by atoms with Gasteiger partial charge in [0, 0.05) is 26.2 Å². The Hall–Kier alpha value is -2.23. The molecule has 0 saturated heterocycles. The third kappa shape index (κ3) is 5.81. The zero-order valence-corrected chi connectivity index (χ0v) is 15.1. The number of aliphatic hydroxyl groups excluding tert-OH is 1. The van der Waals surface area contributed by atoms with Crippen LogP contribution in [-0.2, 0) is 24.9 Å². The minimum absolute atomic E-state index is 0. The van der Waals surface area contributed by atoms with Crippen molar-refractivity contribution in [2.75, 3.05) is 0 Å². The van der Waals surface area contributed by atoms with Gasteiger partial charge in [0.25, 0.3) is 0 Å². The van der Waals surface area contributed by atoms with E-state index >= 15 is 0 Å². The third-order valence-corrected chi connectivity index (χ3v) is 2.65. The minimum atomic E-state index is -0.125. The summed E-state index contributed by atoms with van der Waals surface area (Å²) in [6.07, 6.45) is 1.17. The van der Waals surface area contributed by atoms with Gasteiger partial charge in [-0.3, -0.25) is 9.78 Å². The summed E-state index contributed by atoms with van der Waals surface area (Å²) in [7, 11) is 0. The predicted molar refractivity (Wildman–Crippen MR) is 85.3 cm³/mol. The summed E-state index contributed by atoms with van der Waals surface area (Å²) in [5.74, 6) is 0.560. The second-order valence-corrected chi connectivity index (χ2v) is 4.66. The number of aliphatic hydroxyl groups is 1. The van der Waals surface area contributed by atoms with Gasteiger partial charge in [0.2, 0.25) is 0 Å². The molecule has 0 aliphatic rings. The molecule has 1 heterocycles. The number of fused-ring (bicyclic) bond motifs is 1. The summed E-state index contributed by atoms with van der Waals surface area (Å²) in [5, 5.41) is 8.36. The third-order valence-electron chi connectivity index (χ3n) is 2.65. The summed E-state index contributed by atoms with van der Waals surface area (Å²) in [6, 6.07) is 18.5. The summed E-state index contributed by atoms with van der Waals surface area (Å²) in [5.41, 5.74) is 2.57. The molecule has 0 aliphatic carbocycles. The number of hydrogen-bond donors (Lipinski definition) is 1. The van der Waals surface area contributed by atoms with Crippen molar-refractivity contribution in [1.29, 1.82) is 0 Å². The Kier molecular flexibility index (Phi) is 7.39. The van der Waals surface area contributed by atoms with Crippen molar-refractivity contribution in [2.24, 2.45) is 0 Å². The van der Waals surface area contributed by atoms with Gasteiger partial charge in [0.1, 0.15) is 11.5 Å². The number of aromatic nitrogens is 1. The molecule has 0 bridgehead atoms. The second-order valence-electron chi connectivity index (χ2n) is 4.66. The van der Waals surface area contributed by atoms with Gasteiger partial charge in [-0.2, -0.15) is 0 Å². The standard InChI is InChI=1S/C13H8NO.C5H8O2.Ir/c1-2-6-10(7-3-1)13-14-11-8-4-5-9-12(11)15-13;1-4(6)3-5(2)7;/h1-6,8-9H;3,6H,1-2H3;/q-1;;. The first kappa shape index (κ1) is 18.8. The van der Waals surface area contributed by atoms with Crippen LogP contribution >= 0.6 is 0 Å². The van der Waals surface area contributed by atoms with Crippen molar-refractivity contribution in [3.63, 3.8) is 0 Å². The molecule has 0 unspecified atom stereocenters.